The smallest absolute Gasteiger partial charge is 0.354 e. The predicted molar refractivity (Wildman–Crippen MR) is 72.8 cm³/mol. The lowest BCUT2D eigenvalue weighted by Gasteiger charge is -2.09. The zero-order valence-corrected chi connectivity index (χ0v) is 11.1. The Hall–Kier alpha value is -3.09. The largest absolute Gasteiger partial charge is 0.497 e. The number of pyridine rings is 1. The molecule has 0 spiro atoms. The van der Waals surface area contributed by atoms with Crippen molar-refractivity contribution >= 4 is 11.9 Å². The van der Waals surface area contributed by atoms with E-state index in [9.17, 15) is 9.59 Å². The second-order valence-electron chi connectivity index (χ2n) is 4.03. The third-order valence-corrected chi connectivity index (χ3v) is 2.57. The fraction of sp³-hybridized carbons (Fsp3) is 0.0714. The van der Waals surface area contributed by atoms with E-state index in [1.807, 2.05) is 0 Å². The summed E-state index contributed by atoms with van der Waals surface area (Å²) in [5.74, 6) is -1.07. The number of methoxy groups -OCH3 is 1. The van der Waals surface area contributed by atoms with Gasteiger partial charge in [-0.05, 0) is 18.2 Å². The number of primary amides is 1. The topological polar surface area (TPSA) is 112 Å². The Morgan fingerprint density at radius 1 is 1.19 bits per heavy atom. The van der Waals surface area contributed by atoms with Crippen molar-refractivity contribution in [2.75, 3.05) is 7.11 Å². The van der Waals surface area contributed by atoms with E-state index in [1.54, 1.807) is 0 Å². The molecule has 0 aliphatic heterocycles. The van der Waals surface area contributed by atoms with Gasteiger partial charge in [-0.15, -0.1) is 0 Å². The first kappa shape index (κ1) is 14.3. The van der Waals surface area contributed by atoms with E-state index in [0.29, 0.717) is 5.75 Å². The van der Waals surface area contributed by atoms with Gasteiger partial charge in [-0.25, -0.2) is 9.78 Å². The van der Waals surface area contributed by atoms with Crippen molar-refractivity contribution in [1.29, 1.82) is 0 Å². The highest BCUT2D eigenvalue weighted by Gasteiger charge is 2.10. The number of nitrogens with two attached hydrogens (primary N) is 1. The lowest BCUT2D eigenvalue weighted by molar-refractivity contribution is 0.0689. The molecule has 7 nitrogen and oxygen atoms in total. The van der Waals surface area contributed by atoms with Gasteiger partial charge < -0.3 is 20.3 Å². The number of aromatic nitrogens is 1. The molecule has 2 aromatic rings. The Bertz CT molecular complexity index is 700. The number of benzene rings is 1. The molecule has 0 unspecified atom stereocenters. The number of carboxylic acid groups (broad SMARTS) is 1. The van der Waals surface area contributed by atoms with Crippen LogP contribution >= 0.6 is 0 Å². The summed E-state index contributed by atoms with van der Waals surface area (Å²) in [7, 11) is 1.44. The molecule has 1 heterocycles. The van der Waals surface area contributed by atoms with Crippen LogP contribution in [0.2, 0.25) is 0 Å². The molecule has 0 saturated heterocycles. The second kappa shape index (κ2) is 5.91. The Balaban J connectivity index is 2.34. The van der Waals surface area contributed by atoms with Gasteiger partial charge in [0.05, 0.1) is 7.11 Å². The van der Waals surface area contributed by atoms with Crippen molar-refractivity contribution in [3.63, 3.8) is 0 Å². The fourth-order valence-corrected chi connectivity index (χ4v) is 1.60. The minimum atomic E-state index is -1.16. The molecule has 1 amide bonds. The van der Waals surface area contributed by atoms with Crippen molar-refractivity contribution in [3.05, 3.63) is 47.7 Å². The molecule has 1 aromatic carbocycles. The molecule has 0 aliphatic rings. The summed E-state index contributed by atoms with van der Waals surface area (Å²) in [5, 5.41) is 8.88. The Morgan fingerprint density at radius 3 is 2.52 bits per heavy atom. The van der Waals surface area contributed by atoms with Crippen molar-refractivity contribution < 1.29 is 24.2 Å². The summed E-state index contributed by atoms with van der Waals surface area (Å²) in [6.45, 7) is 0. The maximum atomic E-state index is 11.2. The highest BCUT2D eigenvalue weighted by Crippen LogP contribution is 2.26. The normalized spacial score (nSPS) is 9.95. The standard InChI is InChI=1S/C14H12N2O5/c1-20-9-5-8(13(15)17)6-10(7-9)21-12-4-2-3-11(16-12)14(18)19/h2-7H,1H3,(H2,15,17)(H,18,19). The number of carbonyl (C=O) groups is 2. The number of nitrogens with zero attached hydrogens (tertiary/aromatic N) is 1. The van der Waals surface area contributed by atoms with Crippen LogP contribution in [0.1, 0.15) is 20.8 Å². The van der Waals surface area contributed by atoms with Gasteiger partial charge in [-0.1, -0.05) is 6.07 Å². The molecule has 7 heteroatoms. The number of amides is 1. The number of carbonyl (C=O) groups excluding carboxylic acids is 1. The zero-order valence-electron chi connectivity index (χ0n) is 11.1. The maximum Gasteiger partial charge on any atom is 0.354 e. The number of hydrogen-bond donors (Lipinski definition) is 2. The molecule has 108 valence electrons. The molecule has 0 bridgehead atoms. The third-order valence-electron chi connectivity index (χ3n) is 2.57. The first-order valence-corrected chi connectivity index (χ1v) is 5.86. The maximum absolute atomic E-state index is 11.2. The van der Waals surface area contributed by atoms with Crippen LogP contribution in [0, 0.1) is 0 Å². The third kappa shape index (κ3) is 3.47. The summed E-state index contributed by atoms with van der Waals surface area (Å²) < 4.78 is 10.5. The van der Waals surface area contributed by atoms with Gasteiger partial charge in [-0.3, -0.25) is 4.79 Å². The summed E-state index contributed by atoms with van der Waals surface area (Å²) in [6, 6.07) is 8.75. The molecule has 3 N–H and O–H groups in total. The number of ether oxygens (including phenoxy) is 2. The van der Waals surface area contributed by atoms with E-state index in [4.69, 9.17) is 20.3 Å². The summed E-state index contributed by atoms with van der Waals surface area (Å²) in [4.78, 5) is 25.9. The van der Waals surface area contributed by atoms with Crippen molar-refractivity contribution in [2.24, 2.45) is 5.73 Å². The zero-order chi connectivity index (χ0) is 15.4. The quantitative estimate of drug-likeness (QED) is 0.865. The van der Waals surface area contributed by atoms with Crippen LogP contribution in [0.25, 0.3) is 0 Å². The van der Waals surface area contributed by atoms with Crippen LogP contribution in [-0.4, -0.2) is 29.1 Å². The summed E-state index contributed by atoms with van der Waals surface area (Å²) in [6.07, 6.45) is 0. The van der Waals surface area contributed by atoms with Crippen LogP contribution < -0.4 is 15.2 Å². The molecule has 0 fully saturated rings. The van der Waals surface area contributed by atoms with Crippen molar-refractivity contribution in [1.82, 2.24) is 4.98 Å². The van der Waals surface area contributed by atoms with Gasteiger partial charge in [0.2, 0.25) is 11.8 Å². The molecule has 0 saturated carbocycles. The van der Waals surface area contributed by atoms with Crippen LogP contribution in [-0.2, 0) is 0 Å². The average Bonchev–Trinajstić information content (AvgIpc) is 2.47. The highest BCUT2D eigenvalue weighted by atomic mass is 16.5. The van der Waals surface area contributed by atoms with Crippen LogP contribution in [0.4, 0.5) is 0 Å². The molecule has 0 atom stereocenters. The van der Waals surface area contributed by atoms with Gasteiger partial charge in [0.1, 0.15) is 11.5 Å². The highest BCUT2D eigenvalue weighted by molar-refractivity contribution is 5.93. The number of carboxylic acids is 1. The van der Waals surface area contributed by atoms with E-state index < -0.39 is 11.9 Å². The average molecular weight is 288 g/mol. The molecular formula is C14H12N2O5. The number of rotatable bonds is 5. The van der Waals surface area contributed by atoms with Gasteiger partial charge in [0, 0.05) is 17.7 Å². The number of aromatic carboxylic acids is 1. The van der Waals surface area contributed by atoms with Gasteiger partial charge in [-0.2, -0.15) is 0 Å². The lowest BCUT2D eigenvalue weighted by Crippen LogP contribution is -2.11. The van der Waals surface area contributed by atoms with Gasteiger partial charge in [0.15, 0.2) is 5.69 Å². The minimum absolute atomic E-state index is 0.0820. The molecule has 2 rings (SSSR count). The van der Waals surface area contributed by atoms with Crippen LogP contribution in [0.5, 0.6) is 17.4 Å². The molecule has 0 aliphatic carbocycles. The van der Waals surface area contributed by atoms with E-state index in [0.717, 1.165) is 0 Å². The Morgan fingerprint density at radius 2 is 1.90 bits per heavy atom. The summed E-state index contributed by atoms with van der Waals surface area (Å²) in [5.41, 5.74) is 5.28. The number of hydrogen-bond acceptors (Lipinski definition) is 5. The van der Waals surface area contributed by atoms with Gasteiger partial charge >= 0.3 is 5.97 Å². The summed E-state index contributed by atoms with van der Waals surface area (Å²) >= 11 is 0. The van der Waals surface area contributed by atoms with Crippen LogP contribution in [0.3, 0.4) is 0 Å². The van der Waals surface area contributed by atoms with E-state index in [-0.39, 0.29) is 22.9 Å². The monoisotopic (exact) mass is 288 g/mol. The molecule has 0 radical (unpaired) electrons. The molecular weight excluding hydrogens is 276 g/mol. The van der Waals surface area contributed by atoms with Gasteiger partial charge in [0.25, 0.3) is 0 Å². The predicted octanol–water partition coefficient (Wildman–Crippen LogP) is 1.68. The SMILES string of the molecule is COc1cc(Oc2cccc(C(=O)O)n2)cc(C(N)=O)c1. The lowest BCUT2D eigenvalue weighted by atomic mass is 10.2. The second-order valence-corrected chi connectivity index (χ2v) is 4.03. The van der Waals surface area contributed by atoms with E-state index in [1.165, 1.54) is 43.5 Å². The molecule has 1 aromatic heterocycles. The van der Waals surface area contributed by atoms with Crippen molar-refractivity contribution in [3.8, 4) is 17.4 Å². The molecule has 21 heavy (non-hydrogen) atoms. The fourth-order valence-electron chi connectivity index (χ4n) is 1.60. The van der Waals surface area contributed by atoms with E-state index in [2.05, 4.69) is 4.98 Å². The first-order valence-electron chi connectivity index (χ1n) is 5.86. The first-order chi connectivity index (χ1) is 9.99. The minimum Gasteiger partial charge on any atom is -0.497 e. The Labute approximate surface area is 119 Å². The van der Waals surface area contributed by atoms with Crippen LogP contribution in [0.15, 0.2) is 36.4 Å². The van der Waals surface area contributed by atoms with E-state index >= 15 is 0 Å². The Kier molecular flexibility index (Phi) is 4.03. The van der Waals surface area contributed by atoms with Crippen molar-refractivity contribution in [2.45, 2.75) is 0 Å².